The van der Waals surface area contributed by atoms with Gasteiger partial charge in [-0.2, -0.15) is 13.2 Å². The Morgan fingerprint density at radius 3 is 2.48 bits per heavy atom. The van der Waals surface area contributed by atoms with Crippen molar-refractivity contribution in [3.63, 3.8) is 0 Å². The minimum Gasteiger partial charge on any atom is -0.358 e. The van der Waals surface area contributed by atoms with Gasteiger partial charge in [-0.25, -0.2) is 4.39 Å². The standard InChI is InChI=1S/C15H9F4N3O/c16-10-5-20-6-11-13(10)12(7-21-11)22-14(23)8-1-3-9(4-2-8)15(17,18)19/h1-7,21H,(H,22,23). The second-order valence-corrected chi connectivity index (χ2v) is 4.78. The number of nitrogens with zero attached hydrogens (tertiary/aromatic N) is 1. The van der Waals surface area contributed by atoms with Gasteiger partial charge in [-0.15, -0.1) is 0 Å². The van der Waals surface area contributed by atoms with Crippen molar-refractivity contribution in [2.45, 2.75) is 6.18 Å². The minimum atomic E-state index is -4.47. The number of rotatable bonds is 2. The maximum atomic E-state index is 13.8. The van der Waals surface area contributed by atoms with Crippen molar-refractivity contribution in [3.8, 4) is 0 Å². The Bertz CT molecular complexity index is 869. The van der Waals surface area contributed by atoms with Gasteiger partial charge < -0.3 is 10.3 Å². The molecule has 0 saturated carbocycles. The highest BCUT2D eigenvalue weighted by atomic mass is 19.4. The van der Waals surface area contributed by atoms with E-state index in [4.69, 9.17) is 0 Å². The average Bonchev–Trinajstić information content (AvgIpc) is 2.91. The molecule has 3 aromatic rings. The molecule has 8 heteroatoms. The van der Waals surface area contributed by atoms with E-state index < -0.39 is 23.5 Å². The molecule has 0 atom stereocenters. The van der Waals surface area contributed by atoms with E-state index in [-0.39, 0.29) is 16.6 Å². The third kappa shape index (κ3) is 2.87. The highest BCUT2D eigenvalue weighted by molar-refractivity contribution is 6.09. The van der Waals surface area contributed by atoms with Gasteiger partial charge in [0.15, 0.2) is 5.82 Å². The summed E-state index contributed by atoms with van der Waals surface area (Å²) in [6.07, 6.45) is -0.685. The summed E-state index contributed by atoms with van der Waals surface area (Å²) in [4.78, 5) is 18.5. The molecule has 0 bridgehead atoms. The molecule has 4 nitrogen and oxygen atoms in total. The summed E-state index contributed by atoms with van der Waals surface area (Å²) in [6.45, 7) is 0. The lowest BCUT2D eigenvalue weighted by Gasteiger charge is -2.08. The Balaban J connectivity index is 1.86. The van der Waals surface area contributed by atoms with Crippen LogP contribution in [-0.2, 0) is 6.18 Å². The molecular weight excluding hydrogens is 314 g/mol. The number of fused-ring (bicyclic) bond motifs is 1. The van der Waals surface area contributed by atoms with Crippen molar-refractivity contribution in [1.82, 2.24) is 9.97 Å². The van der Waals surface area contributed by atoms with Gasteiger partial charge in [0.25, 0.3) is 5.91 Å². The fraction of sp³-hybridized carbons (Fsp3) is 0.0667. The van der Waals surface area contributed by atoms with Crippen LogP contribution in [-0.4, -0.2) is 15.9 Å². The Labute approximate surface area is 127 Å². The topological polar surface area (TPSA) is 57.8 Å². The molecule has 0 aliphatic carbocycles. The largest absolute Gasteiger partial charge is 0.416 e. The van der Waals surface area contributed by atoms with Gasteiger partial charge in [0.05, 0.1) is 34.5 Å². The number of aromatic nitrogens is 2. The third-order valence-electron chi connectivity index (χ3n) is 3.26. The Hall–Kier alpha value is -2.90. The summed E-state index contributed by atoms with van der Waals surface area (Å²) in [6, 6.07) is 3.75. The molecule has 0 radical (unpaired) electrons. The van der Waals surface area contributed by atoms with E-state index in [2.05, 4.69) is 15.3 Å². The Kier molecular flexibility index (Phi) is 3.51. The molecular formula is C15H9F4N3O. The highest BCUT2D eigenvalue weighted by Crippen LogP contribution is 2.29. The molecule has 1 aromatic carbocycles. The van der Waals surface area contributed by atoms with E-state index in [9.17, 15) is 22.4 Å². The highest BCUT2D eigenvalue weighted by Gasteiger charge is 2.30. The van der Waals surface area contributed by atoms with E-state index >= 15 is 0 Å². The number of benzene rings is 1. The van der Waals surface area contributed by atoms with Gasteiger partial charge >= 0.3 is 6.18 Å². The lowest BCUT2D eigenvalue weighted by atomic mass is 10.1. The van der Waals surface area contributed by atoms with Gasteiger partial charge in [-0.05, 0) is 24.3 Å². The molecule has 0 saturated heterocycles. The quantitative estimate of drug-likeness (QED) is 0.701. The second kappa shape index (κ2) is 5.38. The fourth-order valence-corrected chi connectivity index (χ4v) is 2.14. The number of carbonyl (C=O) groups is 1. The third-order valence-corrected chi connectivity index (χ3v) is 3.26. The zero-order chi connectivity index (χ0) is 16.6. The summed E-state index contributed by atoms with van der Waals surface area (Å²) in [7, 11) is 0. The molecule has 2 N–H and O–H groups in total. The molecule has 3 rings (SSSR count). The number of halogens is 4. The molecule has 0 unspecified atom stereocenters. The molecule has 23 heavy (non-hydrogen) atoms. The van der Waals surface area contributed by atoms with Crippen LogP contribution >= 0.6 is 0 Å². The van der Waals surface area contributed by atoms with Gasteiger partial charge in [0, 0.05) is 11.8 Å². The van der Waals surface area contributed by atoms with Crippen LogP contribution in [0.25, 0.3) is 10.9 Å². The first kappa shape index (κ1) is 15.0. The van der Waals surface area contributed by atoms with Crippen LogP contribution in [0.4, 0.5) is 23.2 Å². The van der Waals surface area contributed by atoms with Crippen LogP contribution in [0.1, 0.15) is 15.9 Å². The maximum absolute atomic E-state index is 13.8. The van der Waals surface area contributed by atoms with Crippen molar-refractivity contribution in [2.75, 3.05) is 5.32 Å². The van der Waals surface area contributed by atoms with Crippen molar-refractivity contribution >= 4 is 22.5 Å². The van der Waals surface area contributed by atoms with E-state index in [1.807, 2.05) is 0 Å². The summed E-state index contributed by atoms with van der Waals surface area (Å²) in [5, 5.41) is 2.61. The number of hydrogen-bond acceptors (Lipinski definition) is 2. The first-order valence-corrected chi connectivity index (χ1v) is 6.45. The summed E-state index contributed by atoms with van der Waals surface area (Å²) >= 11 is 0. The van der Waals surface area contributed by atoms with Gasteiger partial charge in [-0.1, -0.05) is 0 Å². The van der Waals surface area contributed by atoms with Crippen molar-refractivity contribution in [1.29, 1.82) is 0 Å². The smallest absolute Gasteiger partial charge is 0.358 e. The number of anilines is 1. The Morgan fingerprint density at radius 2 is 1.83 bits per heavy atom. The molecule has 118 valence electrons. The average molecular weight is 323 g/mol. The van der Waals surface area contributed by atoms with Crippen LogP contribution in [0.3, 0.4) is 0 Å². The number of H-pyrrole nitrogens is 1. The second-order valence-electron chi connectivity index (χ2n) is 4.78. The summed E-state index contributed by atoms with van der Waals surface area (Å²) in [5.41, 5.74) is -0.238. The lowest BCUT2D eigenvalue weighted by Crippen LogP contribution is -2.12. The van der Waals surface area contributed by atoms with Gasteiger partial charge in [0.2, 0.25) is 0 Å². The number of aromatic amines is 1. The van der Waals surface area contributed by atoms with E-state index in [1.54, 1.807) is 0 Å². The summed E-state index contributed by atoms with van der Waals surface area (Å²) in [5.74, 6) is -1.26. The van der Waals surface area contributed by atoms with E-state index in [0.29, 0.717) is 5.52 Å². The van der Waals surface area contributed by atoms with Crippen LogP contribution in [0.5, 0.6) is 0 Å². The number of alkyl halides is 3. The zero-order valence-corrected chi connectivity index (χ0v) is 11.4. The first-order valence-electron chi connectivity index (χ1n) is 6.45. The lowest BCUT2D eigenvalue weighted by molar-refractivity contribution is -0.137. The van der Waals surface area contributed by atoms with E-state index in [1.165, 1.54) is 12.4 Å². The van der Waals surface area contributed by atoms with Crippen molar-refractivity contribution < 1.29 is 22.4 Å². The van der Waals surface area contributed by atoms with Crippen LogP contribution < -0.4 is 5.32 Å². The normalized spacial score (nSPS) is 11.7. The molecule has 0 aliphatic rings. The fourth-order valence-electron chi connectivity index (χ4n) is 2.14. The number of nitrogens with one attached hydrogen (secondary N) is 2. The summed E-state index contributed by atoms with van der Waals surface area (Å²) < 4.78 is 51.2. The van der Waals surface area contributed by atoms with Crippen molar-refractivity contribution in [3.05, 3.63) is 59.8 Å². The number of carbonyl (C=O) groups excluding carboxylic acids is 1. The molecule has 1 amide bonds. The first-order chi connectivity index (χ1) is 10.9. The predicted molar refractivity (Wildman–Crippen MR) is 75.4 cm³/mol. The monoisotopic (exact) mass is 323 g/mol. The number of hydrogen-bond donors (Lipinski definition) is 2. The molecule has 2 aromatic heterocycles. The SMILES string of the molecule is O=C(Nc1c[nH]c2cncc(F)c12)c1ccc(C(F)(F)F)cc1. The minimum absolute atomic E-state index is 0.0295. The number of pyridine rings is 1. The molecule has 0 spiro atoms. The molecule has 0 fully saturated rings. The predicted octanol–water partition coefficient (Wildman–Crippen LogP) is 3.97. The van der Waals surface area contributed by atoms with E-state index in [0.717, 1.165) is 30.5 Å². The number of amides is 1. The van der Waals surface area contributed by atoms with Crippen LogP contribution in [0.2, 0.25) is 0 Å². The van der Waals surface area contributed by atoms with Gasteiger partial charge in [0.1, 0.15) is 0 Å². The van der Waals surface area contributed by atoms with Gasteiger partial charge in [-0.3, -0.25) is 9.78 Å². The molecule has 0 aliphatic heterocycles. The van der Waals surface area contributed by atoms with Crippen LogP contribution in [0, 0.1) is 5.82 Å². The molecule has 2 heterocycles. The zero-order valence-electron chi connectivity index (χ0n) is 11.4. The maximum Gasteiger partial charge on any atom is 0.416 e. The Morgan fingerprint density at radius 1 is 1.13 bits per heavy atom. The van der Waals surface area contributed by atoms with Crippen LogP contribution in [0.15, 0.2) is 42.9 Å². The van der Waals surface area contributed by atoms with Crippen molar-refractivity contribution in [2.24, 2.45) is 0 Å².